The third-order valence-electron chi connectivity index (χ3n) is 2.11. The second kappa shape index (κ2) is 3.62. The Kier molecular flexibility index (Phi) is 2.32. The van der Waals surface area contributed by atoms with Gasteiger partial charge in [-0.25, -0.2) is 5.06 Å². The van der Waals surface area contributed by atoms with Crippen LogP contribution in [-0.2, 0) is 4.84 Å². The lowest BCUT2D eigenvalue weighted by atomic mass is 10.2. The lowest BCUT2D eigenvalue weighted by molar-refractivity contribution is 0.113. The minimum Gasteiger partial charge on any atom is -0.269 e. The first-order chi connectivity index (χ1) is 6.38. The molecule has 1 atom stereocenters. The van der Waals surface area contributed by atoms with Crippen LogP contribution in [0, 0.1) is 0 Å². The highest BCUT2D eigenvalue weighted by atomic mass is 16.7. The number of benzene rings is 1. The van der Waals surface area contributed by atoms with Crippen molar-refractivity contribution >= 4 is 5.69 Å². The first-order valence-electron chi connectivity index (χ1n) is 4.52. The van der Waals surface area contributed by atoms with Gasteiger partial charge in [-0.1, -0.05) is 30.4 Å². The number of hydroxylamine groups is 1. The molecule has 0 aliphatic carbocycles. The molecule has 0 amide bonds. The van der Waals surface area contributed by atoms with Crippen LogP contribution in [0.3, 0.4) is 0 Å². The zero-order valence-electron chi connectivity index (χ0n) is 7.68. The highest BCUT2D eigenvalue weighted by Gasteiger charge is 2.14. The zero-order chi connectivity index (χ0) is 9.10. The third kappa shape index (κ3) is 1.73. The number of hydrogen-bond donors (Lipinski definition) is 0. The van der Waals surface area contributed by atoms with E-state index in [1.165, 1.54) is 0 Å². The van der Waals surface area contributed by atoms with E-state index >= 15 is 0 Å². The molecular formula is C11H13NO. The van der Waals surface area contributed by atoms with E-state index in [9.17, 15) is 0 Å². The number of rotatable bonds is 1. The van der Waals surface area contributed by atoms with Crippen molar-refractivity contribution in [2.75, 3.05) is 11.7 Å². The van der Waals surface area contributed by atoms with Crippen molar-refractivity contribution in [1.29, 1.82) is 0 Å². The number of para-hydroxylation sites is 1. The third-order valence-corrected chi connectivity index (χ3v) is 2.11. The van der Waals surface area contributed by atoms with Crippen molar-refractivity contribution in [2.45, 2.75) is 13.0 Å². The van der Waals surface area contributed by atoms with Gasteiger partial charge >= 0.3 is 0 Å². The Balaban J connectivity index is 2.22. The van der Waals surface area contributed by atoms with Gasteiger partial charge in [0.25, 0.3) is 0 Å². The second-order valence-corrected chi connectivity index (χ2v) is 3.13. The molecule has 0 radical (unpaired) electrons. The quantitative estimate of drug-likeness (QED) is 0.608. The lowest BCUT2D eigenvalue weighted by Gasteiger charge is -2.30. The highest BCUT2D eigenvalue weighted by Crippen LogP contribution is 2.19. The minimum absolute atomic E-state index is 0.316. The molecule has 1 heterocycles. The summed E-state index contributed by atoms with van der Waals surface area (Å²) in [6.07, 6.45) is 4.20. The SMILES string of the molecule is C[C@@H]1C=CCON1c1ccccc1. The smallest absolute Gasteiger partial charge is 0.0931 e. The normalized spacial score (nSPS) is 21.9. The van der Waals surface area contributed by atoms with Crippen LogP contribution >= 0.6 is 0 Å². The largest absolute Gasteiger partial charge is 0.269 e. The van der Waals surface area contributed by atoms with Crippen molar-refractivity contribution in [3.63, 3.8) is 0 Å². The topological polar surface area (TPSA) is 12.5 Å². The maximum atomic E-state index is 5.52. The molecule has 1 aliphatic rings. The number of hydrogen-bond acceptors (Lipinski definition) is 2. The maximum Gasteiger partial charge on any atom is 0.0931 e. The van der Waals surface area contributed by atoms with Crippen molar-refractivity contribution in [3.05, 3.63) is 42.5 Å². The molecule has 0 saturated carbocycles. The summed E-state index contributed by atoms with van der Waals surface area (Å²) < 4.78 is 0. The molecule has 0 bridgehead atoms. The van der Waals surface area contributed by atoms with Gasteiger partial charge < -0.3 is 0 Å². The summed E-state index contributed by atoms with van der Waals surface area (Å²) >= 11 is 0. The molecule has 0 saturated heterocycles. The summed E-state index contributed by atoms with van der Waals surface area (Å²) in [5, 5.41) is 1.93. The molecule has 0 fully saturated rings. The van der Waals surface area contributed by atoms with Gasteiger partial charge in [-0.15, -0.1) is 0 Å². The number of nitrogens with zero attached hydrogens (tertiary/aromatic N) is 1. The molecule has 2 rings (SSSR count). The van der Waals surface area contributed by atoms with E-state index in [1.807, 2.05) is 29.3 Å². The van der Waals surface area contributed by atoms with Crippen LogP contribution in [0.1, 0.15) is 6.92 Å². The van der Waals surface area contributed by atoms with Crippen molar-refractivity contribution in [3.8, 4) is 0 Å². The first-order valence-corrected chi connectivity index (χ1v) is 4.52. The van der Waals surface area contributed by atoms with Gasteiger partial charge in [0.1, 0.15) is 0 Å². The zero-order valence-corrected chi connectivity index (χ0v) is 7.68. The van der Waals surface area contributed by atoms with E-state index in [0.29, 0.717) is 12.6 Å². The monoisotopic (exact) mass is 175 g/mol. The molecule has 1 aromatic rings. The highest BCUT2D eigenvalue weighted by molar-refractivity contribution is 5.45. The van der Waals surface area contributed by atoms with E-state index in [0.717, 1.165) is 5.69 Å². The fraction of sp³-hybridized carbons (Fsp3) is 0.273. The molecule has 13 heavy (non-hydrogen) atoms. The van der Waals surface area contributed by atoms with Crippen LogP contribution < -0.4 is 5.06 Å². The summed E-state index contributed by atoms with van der Waals surface area (Å²) in [5.74, 6) is 0. The summed E-state index contributed by atoms with van der Waals surface area (Å²) in [4.78, 5) is 5.52. The van der Waals surface area contributed by atoms with Gasteiger partial charge in [0.15, 0.2) is 0 Å². The molecule has 0 spiro atoms. The summed E-state index contributed by atoms with van der Waals surface area (Å²) in [6, 6.07) is 10.5. The molecule has 0 unspecified atom stereocenters. The lowest BCUT2D eigenvalue weighted by Crippen LogP contribution is -2.34. The fourth-order valence-electron chi connectivity index (χ4n) is 1.46. The van der Waals surface area contributed by atoms with E-state index in [4.69, 9.17) is 4.84 Å². The Bertz CT molecular complexity index is 294. The first kappa shape index (κ1) is 8.32. The van der Waals surface area contributed by atoms with Crippen molar-refractivity contribution < 1.29 is 4.84 Å². The van der Waals surface area contributed by atoms with Gasteiger partial charge in [0, 0.05) is 0 Å². The van der Waals surface area contributed by atoms with Gasteiger partial charge in [0.05, 0.1) is 18.3 Å². The summed E-state index contributed by atoms with van der Waals surface area (Å²) in [5.41, 5.74) is 1.11. The van der Waals surface area contributed by atoms with Crippen LogP contribution in [-0.4, -0.2) is 12.6 Å². The van der Waals surface area contributed by atoms with Crippen LogP contribution in [0.2, 0.25) is 0 Å². The van der Waals surface area contributed by atoms with Crippen LogP contribution in [0.5, 0.6) is 0 Å². The van der Waals surface area contributed by atoms with Crippen LogP contribution in [0.4, 0.5) is 5.69 Å². The van der Waals surface area contributed by atoms with E-state index in [1.54, 1.807) is 0 Å². The Labute approximate surface area is 78.4 Å². The van der Waals surface area contributed by atoms with Gasteiger partial charge in [0.2, 0.25) is 0 Å². The van der Waals surface area contributed by atoms with Gasteiger partial charge in [-0.2, -0.15) is 0 Å². The van der Waals surface area contributed by atoms with Gasteiger partial charge in [-0.3, -0.25) is 4.84 Å². The van der Waals surface area contributed by atoms with E-state index < -0.39 is 0 Å². The predicted molar refractivity (Wildman–Crippen MR) is 53.5 cm³/mol. The Morgan fingerprint density at radius 1 is 1.31 bits per heavy atom. The molecule has 0 N–H and O–H groups in total. The Morgan fingerprint density at radius 3 is 2.77 bits per heavy atom. The van der Waals surface area contributed by atoms with Gasteiger partial charge in [-0.05, 0) is 19.1 Å². The Morgan fingerprint density at radius 2 is 2.08 bits per heavy atom. The van der Waals surface area contributed by atoms with Crippen LogP contribution in [0.25, 0.3) is 0 Å². The average Bonchev–Trinajstić information content (AvgIpc) is 2.20. The predicted octanol–water partition coefficient (Wildman–Crippen LogP) is 2.38. The molecule has 1 aliphatic heterocycles. The summed E-state index contributed by atoms with van der Waals surface area (Å²) in [6.45, 7) is 2.78. The van der Waals surface area contributed by atoms with E-state index in [-0.39, 0.29) is 0 Å². The van der Waals surface area contributed by atoms with Crippen molar-refractivity contribution in [2.24, 2.45) is 0 Å². The van der Waals surface area contributed by atoms with Crippen LogP contribution in [0.15, 0.2) is 42.5 Å². The second-order valence-electron chi connectivity index (χ2n) is 3.13. The van der Waals surface area contributed by atoms with Crippen molar-refractivity contribution in [1.82, 2.24) is 0 Å². The fourth-order valence-corrected chi connectivity index (χ4v) is 1.46. The molecule has 2 nitrogen and oxygen atoms in total. The standard InChI is InChI=1S/C11H13NO/c1-10-6-5-9-13-12(10)11-7-3-2-4-8-11/h2-8,10H,9H2,1H3/t10-/m1/s1. The molecule has 1 aromatic carbocycles. The maximum absolute atomic E-state index is 5.52. The molecule has 68 valence electrons. The van der Waals surface area contributed by atoms with E-state index in [2.05, 4.69) is 25.1 Å². The summed E-state index contributed by atoms with van der Waals surface area (Å²) in [7, 11) is 0. The average molecular weight is 175 g/mol. The molecule has 0 aromatic heterocycles. The molecule has 2 heteroatoms. The molecular weight excluding hydrogens is 162 g/mol. The number of anilines is 1. The Hall–Kier alpha value is -1.28. The minimum atomic E-state index is 0.316.